The Balaban J connectivity index is 1.90. The molecule has 0 radical (unpaired) electrons. The summed E-state index contributed by atoms with van der Waals surface area (Å²) in [5, 5.41) is 0. The third-order valence-electron chi connectivity index (χ3n) is 6.16. The van der Waals surface area contributed by atoms with Crippen LogP contribution in [-0.4, -0.2) is 14.4 Å². The molecule has 1 aromatic rings. The predicted octanol–water partition coefficient (Wildman–Crippen LogP) is 8.82. The SMILES string of the molecule is CCCCCCCCC=CCCCCCCCCCCCC(=O)OS(=O)(=O)c1ccc(C)cc1. The molecule has 0 amide bonds. The van der Waals surface area contributed by atoms with Crippen LogP contribution in [0, 0.1) is 6.92 Å². The van der Waals surface area contributed by atoms with Gasteiger partial charge in [-0.1, -0.05) is 114 Å². The molecule has 5 heteroatoms. The van der Waals surface area contributed by atoms with Crippen LogP contribution in [0.2, 0.25) is 0 Å². The molecule has 0 aliphatic heterocycles. The molecular weight excluding hydrogens is 444 g/mol. The normalized spacial score (nSPS) is 11.8. The molecule has 0 atom stereocenters. The monoisotopic (exact) mass is 492 g/mol. The van der Waals surface area contributed by atoms with Crippen molar-refractivity contribution in [2.75, 3.05) is 0 Å². The highest BCUT2D eigenvalue weighted by Gasteiger charge is 2.19. The Labute approximate surface area is 209 Å². The van der Waals surface area contributed by atoms with Gasteiger partial charge in [0.1, 0.15) is 4.90 Å². The van der Waals surface area contributed by atoms with Crippen LogP contribution in [0.5, 0.6) is 0 Å². The van der Waals surface area contributed by atoms with Crippen molar-refractivity contribution in [3.05, 3.63) is 42.0 Å². The van der Waals surface area contributed by atoms with E-state index in [4.69, 9.17) is 4.18 Å². The summed E-state index contributed by atoms with van der Waals surface area (Å²) in [6, 6.07) is 6.31. The van der Waals surface area contributed by atoms with Gasteiger partial charge in [0.25, 0.3) is 0 Å². The minimum Gasteiger partial charge on any atom is -0.342 e. The molecule has 0 saturated heterocycles. The summed E-state index contributed by atoms with van der Waals surface area (Å²) < 4.78 is 28.9. The Morgan fingerprint density at radius 2 is 1.15 bits per heavy atom. The second-order valence-corrected chi connectivity index (χ2v) is 11.0. The predicted molar refractivity (Wildman–Crippen MR) is 142 cm³/mol. The van der Waals surface area contributed by atoms with Crippen molar-refractivity contribution in [1.29, 1.82) is 0 Å². The van der Waals surface area contributed by atoms with Gasteiger partial charge in [0.15, 0.2) is 0 Å². The van der Waals surface area contributed by atoms with Gasteiger partial charge in [-0.25, -0.2) is 0 Å². The number of carbonyl (C=O) groups is 1. The molecule has 194 valence electrons. The van der Waals surface area contributed by atoms with Gasteiger partial charge in [-0.15, -0.1) is 0 Å². The molecule has 0 heterocycles. The minimum absolute atomic E-state index is 0.0237. The average Bonchev–Trinajstić information content (AvgIpc) is 2.80. The highest BCUT2D eigenvalue weighted by Crippen LogP contribution is 2.16. The van der Waals surface area contributed by atoms with Crippen LogP contribution in [0.3, 0.4) is 0 Å². The molecule has 0 fully saturated rings. The van der Waals surface area contributed by atoms with E-state index in [-0.39, 0.29) is 11.3 Å². The first-order chi connectivity index (χ1) is 16.5. The first-order valence-electron chi connectivity index (χ1n) is 13.6. The van der Waals surface area contributed by atoms with Crippen LogP contribution in [-0.2, 0) is 19.1 Å². The molecule has 0 spiro atoms. The van der Waals surface area contributed by atoms with E-state index in [2.05, 4.69) is 19.1 Å². The summed E-state index contributed by atoms with van der Waals surface area (Å²) in [5.41, 5.74) is 0.955. The number of carbonyl (C=O) groups excluding carboxylic acids is 1. The van der Waals surface area contributed by atoms with E-state index in [1.807, 2.05) is 6.92 Å². The molecule has 0 bridgehead atoms. The van der Waals surface area contributed by atoms with Gasteiger partial charge in [0.05, 0.1) is 0 Å². The van der Waals surface area contributed by atoms with Crippen LogP contribution in [0.15, 0.2) is 41.3 Å². The summed E-state index contributed by atoms with van der Waals surface area (Å²) in [7, 11) is -4.00. The summed E-state index contributed by atoms with van der Waals surface area (Å²) in [6.07, 6.45) is 25.8. The molecular formula is C29H48O4S. The summed E-state index contributed by atoms with van der Waals surface area (Å²) >= 11 is 0. The fourth-order valence-corrected chi connectivity index (χ4v) is 4.86. The van der Waals surface area contributed by atoms with Crippen LogP contribution >= 0.6 is 0 Å². The summed E-state index contributed by atoms with van der Waals surface area (Å²) in [5.74, 6) is -0.665. The maximum Gasteiger partial charge on any atom is 0.341 e. The Hall–Kier alpha value is -1.62. The number of allylic oxidation sites excluding steroid dienone is 2. The Morgan fingerprint density at radius 1 is 0.706 bits per heavy atom. The lowest BCUT2D eigenvalue weighted by Gasteiger charge is -2.06. The van der Waals surface area contributed by atoms with Crippen molar-refractivity contribution in [3.63, 3.8) is 0 Å². The van der Waals surface area contributed by atoms with Gasteiger partial charge in [-0.3, -0.25) is 4.79 Å². The van der Waals surface area contributed by atoms with E-state index in [1.54, 1.807) is 12.1 Å². The standard InChI is InChI=1S/C29H48O4S/c1-3-4-5-6-7-8-9-10-11-12-13-14-15-16-17-18-19-20-21-22-29(30)33-34(31,32)28-25-23-27(2)24-26-28/h10-11,23-26H,3-9,12-22H2,1-2H3. The van der Waals surface area contributed by atoms with Crippen LogP contribution in [0.25, 0.3) is 0 Å². The Bertz CT molecular complexity index is 766. The van der Waals surface area contributed by atoms with Gasteiger partial charge in [-0.05, 0) is 51.2 Å². The van der Waals surface area contributed by atoms with Crippen molar-refractivity contribution < 1.29 is 17.4 Å². The smallest absolute Gasteiger partial charge is 0.341 e. The number of rotatable bonds is 21. The summed E-state index contributed by atoms with van der Waals surface area (Å²) in [6.45, 7) is 4.14. The number of benzene rings is 1. The third kappa shape index (κ3) is 16.1. The lowest BCUT2D eigenvalue weighted by Crippen LogP contribution is -2.13. The summed E-state index contributed by atoms with van der Waals surface area (Å²) in [4.78, 5) is 11.9. The quantitative estimate of drug-likeness (QED) is 0.0977. The van der Waals surface area contributed by atoms with E-state index >= 15 is 0 Å². The van der Waals surface area contributed by atoms with E-state index in [1.165, 1.54) is 102 Å². The molecule has 1 aromatic carbocycles. The van der Waals surface area contributed by atoms with Crippen molar-refractivity contribution in [2.45, 2.75) is 134 Å². The lowest BCUT2D eigenvalue weighted by molar-refractivity contribution is -0.133. The molecule has 0 saturated carbocycles. The van der Waals surface area contributed by atoms with Gasteiger partial charge < -0.3 is 4.18 Å². The lowest BCUT2D eigenvalue weighted by atomic mass is 10.1. The molecule has 1 rings (SSSR count). The average molecular weight is 493 g/mol. The highest BCUT2D eigenvalue weighted by atomic mass is 32.2. The highest BCUT2D eigenvalue weighted by molar-refractivity contribution is 7.87. The first kappa shape index (κ1) is 30.4. The zero-order valence-corrected chi connectivity index (χ0v) is 22.5. The van der Waals surface area contributed by atoms with Gasteiger partial charge >= 0.3 is 16.1 Å². The molecule has 0 aromatic heterocycles. The number of hydrogen-bond donors (Lipinski definition) is 0. The topological polar surface area (TPSA) is 60.4 Å². The first-order valence-corrected chi connectivity index (χ1v) is 15.1. The van der Waals surface area contributed by atoms with Gasteiger partial charge in [-0.2, -0.15) is 8.42 Å². The fraction of sp³-hybridized carbons (Fsp3) is 0.690. The van der Waals surface area contributed by atoms with Crippen LogP contribution in [0.4, 0.5) is 0 Å². The Morgan fingerprint density at radius 3 is 1.65 bits per heavy atom. The van der Waals surface area contributed by atoms with Gasteiger partial charge in [0.2, 0.25) is 0 Å². The van der Waals surface area contributed by atoms with Crippen molar-refractivity contribution in [2.24, 2.45) is 0 Å². The van der Waals surface area contributed by atoms with Gasteiger partial charge in [0, 0.05) is 6.42 Å². The van der Waals surface area contributed by atoms with E-state index < -0.39 is 16.1 Å². The Kier molecular flexibility index (Phi) is 17.6. The third-order valence-corrected chi connectivity index (χ3v) is 7.41. The largest absolute Gasteiger partial charge is 0.342 e. The maximum atomic E-state index is 12.1. The molecule has 0 aliphatic carbocycles. The van der Waals surface area contributed by atoms with Crippen LogP contribution in [0.1, 0.15) is 128 Å². The minimum atomic E-state index is -4.00. The van der Waals surface area contributed by atoms with Crippen molar-refractivity contribution in [3.8, 4) is 0 Å². The zero-order valence-electron chi connectivity index (χ0n) is 21.7. The second kappa shape index (κ2) is 19.7. The fourth-order valence-electron chi connectivity index (χ4n) is 3.96. The van der Waals surface area contributed by atoms with Crippen molar-refractivity contribution in [1.82, 2.24) is 0 Å². The van der Waals surface area contributed by atoms with Crippen molar-refractivity contribution >= 4 is 16.1 Å². The maximum absolute atomic E-state index is 12.1. The molecule has 0 aliphatic rings. The number of aryl methyl sites for hydroxylation is 1. The molecule has 0 unspecified atom stereocenters. The molecule has 4 nitrogen and oxygen atoms in total. The molecule has 0 N–H and O–H groups in total. The number of unbranched alkanes of at least 4 members (excludes halogenated alkanes) is 15. The second-order valence-electron chi connectivity index (χ2n) is 9.47. The van der Waals surface area contributed by atoms with E-state index in [9.17, 15) is 13.2 Å². The molecule has 34 heavy (non-hydrogen) atoms. The number of hydrogen-bond acceptors (Lipinski definition) is 4. The van der Waals surface area contributed by atoms with E-state index in [0.29, 0.717) is 6.42 Å². The van der Waals surface area contributed by atoms with E-state index in [0.717, 1.165) is 18.4 Å². The zero-order chi connectivity index (χ0) is 24.9. The van der Waals surface area contributed by atoms with Crippen LogP contribution < -0.4 is 0 Å².